The molecular formula is C15H18N2S. The summed E-state index contributed by atoms with van der Waals surface area (Å²) in [5.41, 5.74) is 8.54. The van der Waals surface area contributed by atoms with Gasteiger partial charge in [-0.3, -0.25) is 0 Å². The lowest BCUT2D eigenvalue weighted by Gasteiger charge is -1.98. The third kappa shape index (κ3) is 1.98. The quantitative estimate of drug-likeness (QED) is 0.910. The number of hydrogen-bond acceptors (Lipinski definition) is 3. The van der Waals surface area contributed by atoms with Crippen LogP contribution in [0.1, 0.15) is 36.9 Å². The molecule has 1 aromatic heterocycles. The lowest BCUT2D eigenvalue weighted by Crippen LogP contribution is -1.99. The summed E-state index contributed by atoms with van der Waals surface area (Å²) in [5.74, 6) is 0.630. The molecule has 18 heavy (non-hydrogen) atoms. The SMILES string of the molecule is CC1(C)CC1c1nc(CN)c(-c2ccccc2)s1. The van der Waals surface area contributed by atoms with Gasteiger partial charge in [-0.15, -0.1) is 11.3 Å². The van der Waals surface area contributed by atoms with Crippen molar-refractivity contribution in [2.24, 2.45) is 11.1 Å². The van der Waals surface area contributed by atoms with Crippen LogP contribution in [0.2, 0.25) is 0 Å². The van der Waals surface area contributed by atoms with E-state index < -0.39 is 0 Å². The van der Waals surface area contributed by atoms with Crippen molar-refractivity contribution in [2.45, 2.75) is 32.7 Å². The van der Waals surface area contributed by atoms with Gasteiger partial charge >= 0.3 is 0 Å². The van der Waals surface area contributed by atoms with E-state index in [1.807, 2.05) is 17.4 Å². The van der Waals surface area contributed by atoms with Crippen molar-refractivity contribution >= 4 is 11.3 Å². The molecule has 1 atom stereocenters. The number of nitrogens with two attached hydrogens (primary N) is 1. The summed E-state index contributed by atoms with van der Waals surface area (Å²) in [7, 11) is 0. The molecule has 1 aliphatic carbocycles. The lowest BCUT2D eigenvalue weighted by molar-refractivity contribution is 0.620. The number of benzene rings is 1. The third-order valence-corrected chi connectivity index (χ3v) is 5.02. The zero-order valence-electron chi connectivity index (χ0n) is 10.8. The number of rotatable bonds is 3. The molecule has 1 heterocycles. The highest BCUT2D eigenvalue weighted by Crippen LogP contribution is 2.59. The monoisotopic (exact) mass is 258 g/mol. The van der Waals surface area contributed by atoms with E-state index in [1.54, 1.807) is 0 Å². The first-order valence-corrected chi connectivity index (χ1v) is 7.18. The fourth-order valence-electron chi connectivity index (χ4n) is 2.36. The van der Waals surface area contributed by atoms with Gasteiger partial charge in [0.15, 0.2) is 0 Å². The highest BCUT2D eigenvalue weighted by molar-refractivity contribution is 7.15. The van der Waals surface area contributed by atoms with Gasteiger partial charge in [0.25, 0.3) is 0 Å². The molecule has 1 fully saturated rings. The predicted octanol–water partition coefficient (Wildman–Crippen LogP) is 3.78. The summed E-state index contributed by atoms with van der Waals surface area (Å²) in [6.45, 7) is 5.14. The maximum absolute atomic E-state index is 5.83. The summed E-state index contributed by atoms with van der Waals surface area (Å²) in [4.78, 5) is 6.00. The van der Waals surface area contributed by atoms with Crippen molar-refractivity contribution in [2.75, 3.05) is 0 Å². The molecule has 3 rings (SSSR count). The molecule has 1 aromatic carbocycles. The second-order valence-electron chi connectivity index (χ2n) is 5.64. The maximum atomic E-state index is 5.83. The Bertz CT molecular complexity index is 557. The molecule has 94 valence electrons. The Morgan fingerprint density at radius 3 is 2.56 bits per heavy atom. The first-order chi connectivity index (χ1) is 8.62. The molecule has 3 heteroatoms. The van der Waals surface area contributed by atoms with Crippen molar-refractivity contribution in [3.63, 3.8) is 0 Å². The van der Waals surface area contributed by atoms with Crippen LogP contribution in [0.15, 0.2) is 30.3 Å². The number of aromatic nitrogens is 1. The second kappa shape index (κ2) is 4.18. The van der Waals surface area contributed by atoms with Crippen LogP contribution >= 0.6 is 11.3 Å². The van der Waals surface area contributed by atoms with Crippen LogP contribution in [-0.2, 0) is 6.54 Å². The highest BCUT2D eigenvalue weighted by Gasteiger charge is 2.48. The van der Waals surface area contributed by atoms with Gasteiger partial charge in [0.2, 0.25) is 0 Å². The summed E-state index contributed by atoms with van der Waals surface area (Å²) in [6, 6.07) is 10.4. The Morgan fingerprint density at radius 2 is 2.00 bits per heavy atom. The van der Waals surface area contributed by atoms with Crippen LogP contribution in [0.5, 0.6) is 0 Å². The molecule has 0 aliphatic heterocycles. The highest BCUT2D eigenvalue weighted by atomic mass is 32.1. The van der Waals surface area contributed by atoms with E-state index in [0.29, 0.717) is 17.9 Å². The smallest absolute Gasteiger partial charge is 0.0971 e. The Kier molecular flexibility index (Phi) is 2.76. The van der Waals surface area contributed by atoms with Crippen LogP contribution in [0.25, 0.3) is 10.4 Å². The lowest BCUT2D eigenvalue weighted by atomic mass is 10.1. The second-order valence-corrected chi connectivity index (χ2v) is 6.67. The zero-order chi connectivity index (χ0) is 12.8. The predicted molar refractivity (Wildman–Crippen MR) is 76.6 cm³/mol. The van der Waals surface area contributed by atoms with Gasteiger partial charge < -0.3 is 5.73 Å². The van der Waals surface area contributed by atoms with Gasteiger partial charge in [0.1, 0.15) is 0 Å². The molecule has 2 aromatic rings. The molecule has 0 bridgehead atoms. The average molecular weight is 258 g/mol. The van der Waals surface area contributed by atoms with E-state index in [0.717, 1.165) is 5.69 Å². The Hall–Kier alpha value is -1.19. The van der Waals surface area contributed by atoms with E-state index in [9.17, 15) is 0 Å². The van der Waals surface area contributed by atoms with Crippen molar-refractivity contribution in [1.29, 1.82) is 0 Å². The average Bonchev–Trinajstić information content (AvgIpc) is 2.85. The van der Waals surface area contributed by atoms with Crippen LogP contribution < -0.4 is 5.73 Å². The molecule has 0 amide bonds. The molecule has 2 N–H and O–H groups in total. The standard InChI is InChI=1S/C15H18N2S/c1-15(2)8-11(15)14-17-12(9-16)13(18-14)10-6-4-3-5-7-10/h3-7,11H,8-9,16H2,1-2H3. The molecule has 1 unspecified atom stereocenters. The fraction of sp³-hybridized carbons (Fsp3) is 0.400. The summed E-state index contributed by atoms with van der Waals surface area (Å²) in [5, 5.41) is 1.26. The minimum atomic E-state index is 0.428. The van der Waals surface area contributed by atoms with Crippen molar-refractivity contribution in [3.05, 3.63) is 41.0 Å². The van der Waals surface area contributed by atoms with Gasteiger partial charge in [0.05, 0.1) is 15.6 Å². The van der Waals surface area contributed by atoms with Gasteiger partial charge in [-0.2, -0.15) is 0 Å². The Morgan fingerprint density at radius 1 is 1.33 bits per heavy atom. The summed E-state index contributed by atoms with van der Waals surface area (Å²) < 4.78 is 0. The van der Waals surface area contributed by atoms with Crippen molar-refractivity contribution in [1.82, 2.24) is 4.98 Å². The number of nitrogens with zero attached hydrogens (tertiary/aromatic N) is 1. The number of thiazole rings is 1. The van der Waals surface area contributed by atoms with Gasteiger partial charge in [0, 0.05) is 12.5 Å². The van der Waals surface area contributed by atoms with Gasteiger partial charge in [-0.05, 0) is 17.4 Å². The normalized spacial score (nSPS) is 20.9. The first kappa shape index (κ1) is 11.9. The van der Waals surface area contributed by atoms with Gasteiger partial charge in [-0.1, -0.05) is 44.2 Å². The van der Waals surface area contributed by atoms with E-state index >= 15 is 0 Å². The van der Waals surface area contributed by atoms with E-state index in [-0.39, 0.29) is 0 Å². The molecule has 0 radical (unpaired) electrons. The number of hydrogen-bond donors (Lipinski definition) is 1. The van der Waals surface area contributed by atoms with E-state index in [4.69, 9.17) is 10.7 Å². The summed E-state index contributed by atoms with van der Waals surface area (Å²) >= 11 is 1.82. The minimum Gasteiger partial charge on any atom is -0.325 e. The zero-order valence-corrected chi connectivity index (χ0v) is 11.6. The third-order valence-electron chi connectivity index (χ3n) is 3.75. The Balaban J connectivity index is 2.00. The molecule has 1 aliphatic rings. The Labute approximate surface area is 112 Å². The van der Waals surface area contributed by atoms with E-state index in [2.05, 4.69) is 38.1 Å². The van der Waals surface area contributed by atoms with Gasteiger partial charge in [-0.25, -0.2) is 4.98 Å². The summed E-state index contributed by atoms with van der Waals surface area (Å²) in [6.07, 6.45) is 1.25. The molecule has 0 saturated heterocycles. The van der Waals surface area contributed by atoms with Crippen molar-refractivity contribution in [3.8, 4) is 10.4 Å². The topological polar surface area (TPSA) is 38.9 Å². The van der Waals surface area contributed by atoms with Crippen molar-refractivity contribution < 1.29 is 0 Å². The van der Waals surface area contributed by atoms with E-state index in [1.165, 1.54) is 21.9 Å². The van der Waals surface area contributed by atoms with Crippen LogP contribution in [0.4, 0.5) is 0 Å². The molecule has 0 spiro atoms. The molecule has 2 nitrogen and oxygen atoms in total. The van der Waals surface area contributed by atoms with Crippen LogP contribution in [0, 0.1) is 5.41 Å². The molecule has 1 saturated carbocycles. The fourth-order valence-corrected chi connectivity index (χ4v) is 3.77. The van der Waals surface area contributed by atoms with Crippen LogP contribution in [0.3, 0.4) is 0 Å². The minimum absolute atomic E-state index is 0.428. The first-order valence-electron chi connectivity index (χ1n) is 6.37. The largest absolute Gasteiger partial charge is 0.325 e. The maximum Gasteiger partial charge on any atom is 0.0971 e. The molecular weight excluding hydrogens is 240 g/mol. The van der Waals surface area contributed by atoms with Crippen LogP contribution in [-0.4, -0.2) is 4.98 Å².